The minimum atomic E-state index is -0.431. The second-order valence-electron chi connectivity index (χ2n) is 10.7. The molecule has 0 aliphatic heterocycles. The molecular weight excluding hydrogens is 514 g/mol. The van der Waals surface area contributed by atoms with Crippen LogP contribution in [0.2, 0.25) is 0 Å². The number of terminal acetylenes is 1. The van der Waals surface area contributed by atoms with Crippen LogP contribution in [0.1, 0.15) is 120 Å². The zero-order chi connectivity index (χ0) is 30.7. The number of rotatable bonds is 8. The molecule has 1 aromatic heterocycles. The Kier molecular flexibility index (Phi) is 18.6. The van der Waals surface area contributed by atoms with Crippen LogP contribution >= 0.6 is 11.6 Å². The molecule has 0 bridgehead atoms. The third-order valence-corrected chi connectivity index (χ3v) is 6.96. The number of hydrogen-bond donors (Lipinski definition) is 2. The van der Waals surface area contributed by atoms with E-state index < -0.39 is 5.91 Å². The van der Waals surface area contributed by atoms with Gasteiger partial charge in [-0.15, -0.1) is 31.0 Å². The predicted molar refractivity (Wildman–Crippen MR) is 175 cm³/mol. The van der Waals surface area contributed by atoms with E-state index in [9.17, 15) is 4.79 Å². The van der Waals surface area contributed by atoms with Gasteiger partial charge in [-0.2, -0.15) is 0 Å². The molecule has 1 fully saturated rings. The predicted octanol–water partition coefficient (Wildman–Crippen LogP) is 8.46. The van der Waals surface area contributed by atoms with Gasteiger partial charge in [-0.3, -0.25) is 4.79 Å². The summed E-state index contributed by atoms with van der Waals surface area (Å²) in [6.45, 7) is 19.2. The highest BCUT2D eigenvalue weighted by atomic mass is 35.5. The highest BCUT2D eigenvalue weighted by Gasteiger charge is 2.29. The molecule has 3 rings (SSSR count). The summed E-state index contributed by atoms with van der Waals surface area (Å²) in [5.41, 5.74) is 9.04. The van der Waals surface area contributed by atoms with E-state index in [2.05, 4.69) is 95.0 Å². The number of carbonyl (C=O) groups is 1. The van der Waals surface area contributed by atoms with Crippen molar-refractivity contribution in [2.75, 3.05) is 6.54 Å². The highest BCUT2D eigenvalue weighted by molar-refractivity contribution is 6.17. The van der Waals surface area contributed by atoms with Crippen LogP contribution < -0.4 is 11.1 Å². The summed E-state index contributed by atoms with van der Waals surface area (Å²) < 4.78 is 2.50. The van der Waals surface area contributed by atoms with E-state index in [0.29, 0.717) is 29.3 Å². The number of halogens is 1. The molecule has 3 N–H and O–H groups in total. The van der Waals surface area contributed by atoms with Gasteiger partial charge in [0.1, 0.15) is 0 Å². The lowest BCUT2D eigenvalue weighted by atomic mass is 10.0. The molecule has 1 heterocycles. The Hall–Kier alpha value is -2.92. The Morgan fingerprint density at radius 2 is 1.90 bits per heavy atom. The van der Waals surface area contributed by atoms with Crippen molar-refractivity contribution >= 4 is 17.5 Å². The molecule has 0 radical (unpaired) electrons. The van der Waals surface area contributed by atoms with Gasteiger partial charge in [-0.1, -0.05) is 58.1 Å². The minimum Gasteiger partial charge on any atom is -0.366 e. The summed E-state index contributed by atoms with van der Waals surface area (Å²) in [6.07, 6.45) is 18.0. The first-order valence-electron chi connectivity index (χ1n) is 14.4. The highest BCUT2D eigenvalue weighted by Crippen LogP contribution is 2.38. The maximum Gasteiger partial charge on any atom is 0.248 e. The van der Waals surface area contributed by atoms with Crippen molar-refractivity contribution in [1.82, 2.24) is 9.88 Å². The third-order valence-electron chi connectivity index (χ3n) is 6.67. The number of nitrogens with zero attached hydrogens (tertiary/aromatic N) is 1. The molecule has 40 heavy (non-hydrogen) atoms. The Labute approximate surface area is 250 Å². The fourth-order valence-corrected chi connectivity index (χ4v) is 4.83. The van der Waals surface area contributed by atoms with Crippen LogP contribution in [-0.2, 0) is 5.88 Å². The number of alkyl halides is 1. The van der Waals surface area contributed by atoms with Crippen molar-refractivity contribution in [1.29, 1.82) is 0 Å². The quantitative estimate of drug-likeness (QED) is 0.191. The van der Waals surface area contributed by atoms with Gasteiger partial charge in [0.05, 0.1) is 5.54 Å². The average molecular weight is 566 g/mol. The molecule has 1 aliphatic rings. The Balaban J connectivity index is 0.00000171. The lowest BCUT2D eigenvalue weighted by Crippen LogP contribution is -2.40. The number of nitrogens with two attached hydrogens (primary N) is 1. The molecule has 220 valence electrons. The van der Waals surface area contributed by atoms with Crippen LogP contribution in [0.15, 0.2) is 49.2 Å². The largest absolute Gasteiger partial charge is 0.366 e. The van der Waals surface area contributed by atoms with Gasteiger partial charge in [0, 0.05) is 34.9 Å². The smallest absolute Gasteiger partial charge is 0.248 e. The van der Waals surface area contributed by atoms with E-state index in [1.165, 1.54) is 36.9 Å². The first kappa shape index (κ1) is 37.1. The number of aromatic nitrogens is 1. The second kappa shape index (κ2) is 20.0. The zero-order valence-electron chi connectivity index (χ0n) is 25.9. The summed E-state index contributed by atoms with van der Waals surface area (Å²) >= 11 is 6.22. The SMILES string of the molecule is C#C.C=CC.CCC.CCC(C)c1c(CCl)ccn1C1CCC(CNC(C)(C)C#Cc2cccc(C(N)=O)c2)C1. The van der Waals surface area contributed by atoms with Crippen molar-refractivity contribution in [2.24, 2.45) is 11.7 Å². The van der Waals surface area contributed by atoms with E-state index in [0.717, 1.165) is 18.5 Å². The lowest BCUT2D eigenvalue weighted by Gasteiger charge is -2.24. The van der Waals surface area contributed by atoms with Crippen molar-refractivity contribution in [3.05, 3.63) is 71.6 Å². The first-order chi connectivity index (χ1) is 19.1. The van der Waals surface area contributed by atoms with Crippen molar-refractivity contribution < 1.29 is 4.79 Å². The monoisotopic (exact) mass is 565 g/mol. The molecule has 1 aliphatic carbocycles. The maximum atomic E-state index is 11.4. The summed E-state index contributed by atoms with van der Waals surface area (Å²) in [6, 6.07) is 9.92. The molecule has 3 unspecified atom stereocenters. The standard InChI is InChI=1S/C27H36ClN3O.C3H8.C3H6.C2H2/c1-5-19(2)25-23(17-28)12-14-31(25)24-10-9-21(16-24)18-30-27(3,4)13-11-20-7-6-8-22(15-20)26(29)32;2*1-3-2;1-2/h6-8,12,14-15,19,21,24,30H,5,9-10,16-18H2,1-4H3,(H2,29,32);3H2,1-2H3;3H,1H2,2H3;1-2H. The van der Waals surface area contributed by atoms with Gasteiger partial charge in [0.2, 0.25) is 5.91 Å². The van der Waals surface area contributed by atoms with Crippen molar-refractivity contribution in [3.63, 3.8) is 0 Å². The Morgan fingerprint density at radius 3 is 2.45 bits per heavy atom. The van der Waals surface area contributed by atoms with Crippen molar-refractivity contribution in [3.8, 4) is 24.7 Å². The van der Waals surface area contributed by atoms with Crippen LogP contribution in [0, 0.1) is 30.6 Å². The van der Waals surface area contributed by atoms with Crippen LogP contribution in [-0.4, -0.2) is 22.6 Å². The minimum absolute atomic E-state index is 0.318. The van der Waals surface area contributed by atoms with Crippen LogP contribution in [0.5, 0.6) is 0 Å². The molecule has 1 amide bonds. The summed E-state index contributed by atoms with van der Waals surface area (Å²) in [7, 11) is 0. The normalized spacial score (nSPS) is 16.4. The number of amides is 1. The van der Waals surface area contributed by atoms with Gasteiger partial charge >= 0.3 is 0 Å². The van der Waals surface area contributed by atoms with Gasteiger partial charge in [0.15, 0.2) is 0 Å². The maximum absolute atomic E-state index is 11.4. The molecular formula is C35H52ClN3O. The fourth-order valence-electron chi connectivity index (χ4n) is 4.61. The molecule has 5 heteroatoms. The molecule has 0 saturated heterocycles. The van der Waals surface area contributed by atoms with Gasteiger partial charge in [-0.25, -0.2) is 0 Å². The number of nitrogens with one attached hydrogen (secondary N) is 1. The van der Waals surface area contributed by atoms with Crippen LogP contribution in [0.4, 0.5) is 0 Å². The van der Waals surface area contributed by atoms with E-state index in [4.69, 9.17) is 17.3 Å². The van der Waals surface area contributed by atoms with Gasteiger partial charge < -0.3 is 15.6 Å². The topological polar surface area (TPSA) is 60.1 Å². The summed E-state index contributed by atoms with van der Waals surface area (Å²) in [5.74, 6) is 7.81. The van der Waals surface area contributed by atoms with Crippen LogP contribution in [0.25, 0.3) is 0 Å². The molecule has 1 aromatic carbocycles. The number of hydrogen-bond acceptors (Lipinski definition) is 2. The van der Waals surface area contributed by atoms with E-state index >= 15 is 0 Å². The number of benzene rings is 1. The molecule has 0 spiro atoms. The van der Waals surface area contributed by atoms with Crippen LogP contribution in [0.3, 0.4) is 0 Å². The Morgan fingerprint density at radius 1 is 1.27 bits per heavy atom. The molecule has 3 atom stereocenters. The third kappa shape index (κ3) is 12.5. The van der Waals surface area contributed by atoms with E-state index in [1.807, 2.05) is 19.1 Å². The fraction of sp³-hybridized carbons (Fsp3) is 0.514. The summed E-state index contributed by atoms with van der Waals surface area (Å²) in [5, 5.41) is 3.65. The number of primary amides is 1. The number of carbonyl (C=O) groups excluding carboxylic acids is 1. The van der Waals surface area contributed by atoms with E-state index in [1.54, 1.807) is 18.2 Å². The van der Waals surface area contributed by atoms with Gasteiger partial charge in [-0.05, 0) is 94.7 Å². The first-order valence-corrected chi connectivity index (χ1v) is 14.9. The van der Waals surface area contributed by atoms with Crippen molar-refractivity contribution in [2.45, 2.75) is 104 Å². The molecule has 1 saturated carbocycles. The Bertz CT molecular complexity index is 1100. The lowest BCUT2D eigenvalue weighted by molar-refractivity contribution is 0.1000. The average Bonchev–Trinajstić information content (AvgIpc) is 3.60. The molecule has 2 aromatic rings. The summed E-state index contributed by atoms with van der Waals surface area (Å²) in [4.78, 5) is 11.4. The molecule has 4 nitrogen and oxygen atoms in total. The zero-order valence-corrected chi connectivity index (χ0v) is 26.7. The number of allylic oxidation sites excluding steroid dienone is 1. The van der Waals surface area contributed by atoms with Gasteiger partial charge in [0.25, 0.3) is 0 Å². The van der Waals surface area contributed by atoms with E-state index in [-0.39, 0.29) is 5.54 Å². The second-order valence-corrected chi connectivity index (χ2v) is 11.0.